The predicted molar refractivity (Wildman–Crippen MR) is 133 cm³/mol. The molecule has 180 valence electrons. The minimum Gasteiger partial charge on any atom is -0.497 e. The van der Waals surface area contributed by atoms with Crippen molar-refractivity contribution >= 4 is 18.1 Å². The Morgan fingerprint density at radius 1 is 1.12 bits per heavy atom. The quantitative estimate of drug-likeness (QED) is 0.453. The SMILES string of the molecule is COc1ccc(-c2n[nH]c(=S)n2CCC(=O)NC2CCN(Cc3cccc(OC)c3)CC2)cc1. The Morgan fingerprint density at radius 2 is 1.85 bits per heavy atom. The summed E-state index contributed by atoms with van der Waals surface area (Å²) < 4.78 is 12.9. The molecule has 0 aliphatic carbocycles. The first-order valence-corrected chi connectivity index (χ1v) is 11.9. The molecule has 0 saturated carbocycles. The molecule has 8 nitrogen and oxygen atoms in total. The molecule has 3 aromatic rings. The Kier molecular flexibility index (Phi) is 7.97. The number of amides is 1. The molecule has 0 radical (unpaired) electrons. The molecule has 1 saturated heterocycles. The van der Waals surface area contributed by atoms with Crippen molar-refractivity contribution in [1.82, 2.24) is 25.0 Å². The molecule has 1 amide bonds. The summed E-state index contributed by atoms with van der Waals surface area (Å²) >= 11 is 5.39. The summed E-state index contributed by atoms with van der Waals surface area (Å²) in [6.45, 7) is 3.27. The van der Waals surface area contributed by atoms with Gasteiger partial charge in [0.2, 0.25) is 5.91 Å². The van der Waals surface area contributed by atoms with Crippen LogP contribution in [0.3, 0.4) is 0 Å². The maximum absolute atomic E-state index is 12.7. The second kappa shape index (κ2) is 11.3. The number of aromatic nitrogens is 3. The van der Waals surface area contributed by atoms with Crippen LogP contribution in [0.15, 0.2) is 48.5 Å². The fourth-order valence-electron chi connectivity index (χ4n) is 4.26. The highest BCUT2D eigenvalue weighted by molar-refractivity contribution is 7.71. The summed E-state index contributed by atoms with van der Waals surface area (Å²) in [5.41, 5.74) is 2.16. The average molecular weight is 482 g/mol. The number of H-pyrrole nitrogens is 1. The molecule has 2 heterocycles. The third kappa shape index (κ3) is 6.03. The number of nitrogens with one attached hydrogen (secondary N) is 2. The van der Waals surface area contributed by atoms with Crippen LogP contribution < -0.4 is 14.8 Å². The summed E-state index contributed by atoms with van der Waals surface area (Å²) in [5.74, 6) is 2.41. The number of aromatic amines is 1. The topological polar surface area (TPSA) is 84.4 Å². The smallest absolute Gasteiger partial charge is 0.222 e. The van der Waals surface area contributed by atoms with Gasteiger partial charge in [0.25, 0.3) is 0 Å². The third-order valence-electron chi connectivity index (χ3n) is 6.16. The number of rotatable bonds is 9. The van der Waals surface area contributed by atoms with E-state index < -0.39 is 0 Å². The normalized spacial score (nSPS) is 14.6. The number of likely N-dealkylation sites (tertiary alicyclic amines) is 1. The van der Waals surface area contributed by atoms with Gasteiger partial charge in [0.05, 0.1) is 14.2 Å². The zero-order chi connectivity index (χ0) is 23.9. The van der Waals surface area contributed by atoms with E-state index in [0.717, 1.165) is 49.5 Å². The molecule has 1 aliphatic heterocycles. The average Bonchev–Trinajstić information content (AvgIpc) is 3.24. The standard InChI is InChI=1S/C25H31N5O3S/c1-32-21-8-6-19(7-9-21)24-27-28-25(34)30(24)15-12-23(31)26-20-10-13-29(14-11-20)17-18-4-3-5-22(16-18)33-2/h3-9,16,20H,10-15,17H2,1-2H3,(H,26,31)(H,28,34). The maximum Gasteiger partial charge on any atom is 0.222 e. The fourth-order valence-corrected chi connectivity index (χ4v) is 4.49. The minimum atomic E-state index is 0.0371. The van der Waals surface area contributed by atoms with E-state index in [1.807, 2.05) is 41.0 Å². The molecule has 0 spiro atoms. The van der Waals surface area contributed by atoms with Gasteiger partial charge in [-0.1, -0.05) is 12.1 Å². The Balaban J connectivity index is 1.26. The van der Waals surface area contributed by atoms with E-state index in [-0.39, 0.29) is 11.9 Å². The van der Waals surface area contributed by atoms with E-state index in [1.54, 1.807) is 14.2 Å². The lowest BCUT2D eigenvalue weighted by Crippen LogP contribution is -2.44. The number of piperidine rings is 1. The van der Waals surface area contributed by atoms with E-state index >= 15 is 0 Å². The van der Waals surface area contributed by atoms with Crippen LogP contribution in [0.25, 0.3) is 11.4 Å². The van der Waals surface area contributed by atoms with Crippen molar-refractivity contribution in [2.24, 2.45) is 0 Å². The van der Waals surface area contributed by atoms with Gasteiger partial charge in [-0.05, 0) is 67.0 Å². The molecular formula is C25H31N5O3S. The molecule has 0 atom stereocenters. The molecule has 1 fully saturated rings. The van der Waals surface area contributed by atoms with Gasteiger partial charge >= 0.3 is 0 Å². The Morgan fingerprint density at radius 3 is 2.56 bits per heavy atom. The number of methoxy groups -OCH3 is 2. The Labute approximate surface area is 204 Å². The first kappa shape index (κ1) is 24.0. The summed E-state index contributed by atoms with van der Waals surface area (Å²) in [6.07, 6.45) is 2.23. The Hall–Kier alpha value is -3.17. The molecule has 1 aromatic heterocycles. The monoisotopic (exact) mass is 481 g/mol. The highest BCUT2D eigenvalue weighted by Crippen LogP contribution is 2.21. The van der Waals surface area contributed by atoms with Crippen molar-refractivity contribution in [3.63, 3.8) is 0 Å². The zero-order valence-electron chi connectivity index (χ0n) is 19.6. The van der Waals surface area contributed by atoms with Gasteiger partial charge in [0, 0.05) is 44.2 Å². The number of hydrogen-bond donors (Lipinski definition) is 2. The van der Waals surface area contributed by atoms with Crippen molar-refractivity contribution in [2.45, 2.75) is 38.4 Å². The van der Waals surface area contributed by atoms with E-state index in [9.17, 15) is 4.79 Å². The Bertz CT molecular complexity index is 1150. The summed E-state index contributed by atoms with van der Waals surface area (Å²) in [4.78, 5) is 15.1. The van der Waals surface area contributed by atoms with Crippen LogP contribution >= 0.6 is 12.2 Å². The van der Waals surface area contributed by atoms with Crippen LogP contribution in [0, 0.1) is 4.77 Å². The first-order valence-electron chi connectivity index (χ1n) is 11.5. The van der Waals surface area contributed by atoms with Gasteiger partial charge in [-0.25, -0.2) is 0 Å². The fraction of sp³-hybridized carbons (Fsp3) is 0.400. The number of ether oxygens (including phenoxy) is 2. The van der Waals surface area contributed by atoms with Gasteiger partial charge in [-0.2, -0.15) is 5.10 Å². The molecule has 2 N–H and O–H groups in total. The lowest BCUT2D eigenvalue weighted by molar-refractivity contribution is -0.122. The highest BCUT2D eigenvalue weighted by Gasteiger charge is 2.21. The number of carbonyl (C=O) groups is 1. The number of hydrogen-bond acceptors (Lipinski definition) is 6. The molecule has 9 heteroatoms. The second-order valence-electron chi connectivity index (χ2n) is 8.45. The van der Waals surface area contributed by atoms with Crippen LogP contribution in [-0.4, -0.2) is 58.9 Å². The molecule has 4 rings (SSSR count). The van der Waals surface area contributed by atoms with E-state index in [0.29, 0.717) is 23.6 Å². The van der Waals surface area contributed by atoms with E-state index in [1.165, 1.54) is 5.56 Å². The van der Waals surface area contributed by atoms with Gasteiger partial charge in [0.15, 0.2) is 10.6 Å². The molecule has 1 aliphatic rings. The summed E-state index contributed by atoms with van der Waals surface area (Å²) in [7, 11) is 3.32. The third-order valence-corrected chi connectivity index (χ3v) is 6.47. The molecular weight excluding hydrogens is 450 g/mol. The molecule has 0 unspecified atom stereocenters. The maximum atomic E-state index is 12.7. The van der Waals surface area contributed by atoms with Crippen LogP contribution in [0.2, 0.25) is 0 Å². The molecule has 0 bridgehead atoms. The molecule has 34 heavy (non-hydrogen) atoms. The van der Waals surface area contributed by atoms with Crippen molar-refractivity contribution in [2.75, 3.05) is 27.3 Å². The van der Waals surface area contributed by atoms with Crippen LogP contribution in [0.4, 0.5) is 0 Å². The molecule has 2 aromatic carbocycles. The number of benzene rings is 2. The highest BCUT2D eigenvalue weighted by atomic mass is 32.1. The lowest BCUT2D eigenvalue weighted by Gasteiger charge is -2.32. The van der Waals surface area contributed by atoms with Crippen molar-refractivity contribution in [3.05, 3.63) is 58.9 Å². The second-order valence-corrected chi connectivity index (χ2v) is 8.84. The van der Waals surface area contributed by atoms with Crippen LogP contribution in [-0.2, 0) is 17.9 Å². The number of nitrogens with zero attached hydrogens (tertiary/aromatic N) is 3. The lowest BCUT2D eigenvalue weighted by atomic mass is 10.0. The van der Waals surface area contributed by atoms with E-state index in [2.05, 4.69) is 32.5 Å². The van der Waals surface area contributed by atoms with Gasteiger partial charge in [0.1, 0.15) is 11.5 Å². The van der Waals surface area contributed by atoms with Gasteiger partial charge < -0.3 is 14.8 Å². The van der Waals surface area contributed by atoms with Gasteiger partial charge in [-0.3, -0.25) is 19.4 Å². The first-order chi connectivity index (χ1) is 16.6. The van der Waals surface area contributed by atoms with Gasteiger partial charge in [-0.15, -0.1) is 0 Å². The predicted octanol–water partition coefficient (Wildman–Crippen LogP) is 3.80. The van der Waals surface area contributed by atoms with Crippen molar-refractivity contribution in [1.29, 1.82) is 0 Å². The van der Waals surface area contributed by atoms with Crippen LogP contribution in [0.1, 0.15) is 24.8 Å². The summed E-state index contributed by atoms with van der Waals surface area (Å²) in [5, 5.41) is 10.4. The van der Waals surface area contributed by atoms with Crippen molar-refractivity contribution < 1.29 is 14.3 Å². The summed E-state index contributed by atoms with van der Waals surface area (Å²) in [6, 6.07) is 16.0. The van der Waals surface area contributed by atoms with E-state index in [4.69, 9.17) is 21.7 Å². The zero-order valence-corrected chi connectivity index (χ0v) is 20.4. The largest absolute Gasteiger partial charge is 0.497 e. The van der Waals surface area contributed by atoms with Crippen LogP contribution in [0.5, 0.6) is 11.5 Å². The van der Waals surface area contributed by atoms with Crippen molar-refractivity contribution in [3.8, 4) is 22.9 Å². The minimum absolute atomic E-state index is 0.0371. The number of carbonyl (C=O) groups excluding carboxylic acids is 1.